The lowest BCUT2D eigenvalue weighted by Crippen LogP contribution is -2.30. The molecule has 1 aromatic heterocycles. The Morgan fingerprint density at radius 3 is 2.59 bits per heavy atom. The average molecular weight is 321 g/mol. The fourth-order valence-electron chi connectivity index (χ4n) is 2.96. The first-order valence-corrected chi connectivity index (χ1v) is 8.50. The van der Waals surface area contributed by atoms with Crippen molar-refractivity contribution >= 4 is 15.7 Å². The van der Waals surface area contributed by atoms with Crippen LogP contribution in [0.1, 0.15) is 17.0 Å². The van der Waals surface area contributed by atoms with Gasteiger partial charge >= 0.3 is 0 Å². The number of ether oxygens (including phenoxy) is 1. The molecular formula is C15H19N3O3S. The highest BCUT2D eigenvalue weighted by Crippen LogP contribution is 2.36. The van der Waals surface area contributed by atoms with Crippen molar-refractivity contribution in [3.8, 4) is 5.75 Å². The van der Waals surface area contributed by atoms with Crippen molar-refractivity contribution in [2.75, 3.05) is 18.0 Å². The van der Waals surface area contributed by atoms with Crippen LogP contribution < -0.4 is 9.04 Å². The van der Waals surface area contributed by atoms with Crippen molar-refractivity contribution in [1.29, 1.82) is 0 Å². The molecule has 1 aliphatic heterocycles. The van der Waals surface area contributed by atoms with Crippen LogP contribution >= 0.6 is 0 Å². The number of nitrogens with zero attached hydrogens (tertiary/aromatic N) is 3. The third kappa shape index (κ3) is 2.08. The molecule has 22 heavy (non-hydrogen) atoms. The zero-order chi connectivity index (χ0) is 16.1. The highest BCUT2D eigenvalue weighted by atomic mass is 32.2. The van der Waals surface area contributed by atoms with Gasteiger partial charge in [-0.05, 0) is 44.0 Å². The van der Waals surface area contributed by atoms with Crippen molar-refractivity contribution in [1.82, 2.24) is 9.78 Å². The quantitative estimate of drug-likeness (QED) is 0.865. The number of methoxy groups -OCH3 is 1. The number of hydrogen-bond donors (Lipinski definition) is 0. The fraction of sp³-hybridized carbons (Fsp3) is 0.400. The van der Waals surface area contributed by atoms with Gasteiger partial charge in [-0.25, -0.2) is 8.42 Å². The maximum atomic E-state index is 13.0. The van der Waals surface area contributed by atoms with Crippen molar-refractivity contribution in [2.24, 2.45) is 7.05 Å². The van der Waals surface area contributed by atoms with E-state index in [0.717, 1.165) is 17.0 Å². The maximum Gasteiger partial charge on any atom is 0.268 e. The second-order valence-electron chi connectivity index (χ2n) is 5.45. The molecule has 7 heteroatoms. The average Bonchev–Trinajstić information content (AvgIpc) is 3.00. The van der Waals surface area contributed by atoms with Crippen molar-refractivity contribution in [2.45, 2.75) is 25.2 Å². The van der Waals surface area contributed by atoms with Gasteiger partial charge in [0.15, 0.2) is 0 Å². The van der Waals surface area contributed by atoms with Gasteiger partial charge in [-0.2, -0.15) is 5.10 Å². The van der Waals surface area contributed by atoms with Crippen LogP contribution in [0.5, 0.6) is 5.75 Å². The van der Waals surface area contributed by atoms with Crippen LogP contribution in [-0.2, 0) is 23.5 Å². The number of sulfonamides is 1. The summed E-state index contributed by atoms with van der Waals surface area (Å²) < 4.78 is 34.4. The summed E-state index contributed by atoms with van der Waals surface area (Å²) in [5.41, 5.74) is 2.90. The van der Waals surface area contributed by atoms with Crippen LogP contribution in [-0.4, -0.2) is 31.9 Å². The van der Waals surface area contributed by atoms with Crippen molar-refractivity contribution < 1.29 is 13.2 Å². The van der Waals surface area contributed by atoms with Gasteiger partial charge in [-0.3, -0.25) is 8.99 Å². The van der Waals surface area contributed by atoms with Crippen molar-refractivity contribution in [3.63, 3.8) is 0 Å². The van der Waals surface area contributed by atoms with Crippen LogP contribution in [0.4, 0.5) is 5.69 Å². The fourth-order valence-corrected chi connectivity index (χ4v) is 4.87. The Kier molecular flexibility index (Phi) is 3.40. The molecule has 0 amide bonds. The van der Waals surface area contributed by atoms with Gasteiger partial charge < -0.3 is 4.74 Å². The smallest absolute Gasteiger partial charge is 0.268 e. The number of aryl methyl sites for hydroxylation is 2. The molecule has 118 valence electrons. The van der Waals surface area contributed by atoms with E-state index in [9.17, 15) is 8.42 Å². The van der Waals surface area contributed by atoms with E-state index < -0.39 is 10.0 Å². The molecule has 2 heterocycles. The zero-order valence-electron chi connectivity index (χ0n) is 13.1. The molecule has 1 aromatic carbocycles. The van der Waals surface area contributed by atoms with E-state index in [-0.39, 0.29) is 0 Å². The van der Waals surface area contributed by atoms with Crippen LogP contribution in [0.25, 0.3) is 0 Å². The van der Waals surface area contributed by atoms with Crippen molar-refractivity contribution in [3.05, 3.63) is 35.2 Å². The molecule has 2 aromatic rings. The minimum Gasteiger partial charge on any atom is -0.497 e. The first kappa shape index (κ1) is 14.9. The molecule has 0 N–H and O–H groups in total. The number of fused-ring (bicyclic) bond motifs is 1. The summed E-state index contributed by atoms with van der Waals surface area (Å²) >= 11 is 0. The molecule has 0 unspecified atom stereocenters. The maximum absolute atomic E-state index is 13.0. The van der Waals surface area contributed by atoms with E-state index in [0.29, 0.717) is 29.2 Å². The molecule has 6 nitrogen and oxygen atoms in total. The van der Waals surface area contributed by atoms with Gasteiger partial charge in [0.25, 0.3) is 10.0 Å². The van der Waals surface area contributed by atoms with E-state index in [1.54, 1.807) is 44.8 Å². The summed E-state index contributed by atoms with van der Waals surface area (Å²) in [6.07, 6.45) is 0.685. The monoisotopic (exact) mass is 321 g/mol. The first-order valence-electron chi connectivity index (χ1n) is 7.06. The lowest BCUT2D eigenvalue weighted by molar-refractivity contribution is 0.414. The molecule has 0 atom stereocenters. The van der Waals surface area contributed by atoms with Crippen LogP contribution in [0.2, 0.25) is 0 Å². The number of benzene rings is 1. The molecule has 0 bridgehead atoms. The topological polar surface area (TPSA) is 64.4 Å². The van der Waals surface area contributed by atoms with Crippen LogP contribution in [0.15, 0.2) is 23.1 Å². The van der Waals surface area contributed by atoms with Gasteiger partial charge in [-0.1, -0.05) is 0 Å². The SMILES string of the molecule is COc1ccc2c(c1)CCN2S(=O)(=O)c1c(C)nn(C)c1C. The first-order chi connectivity index (χ1) is 10.4. The summed E-state index contributed by atoms with van der Waals surface area (Å²) in [4.78, 5) is 0.304. The normalized spacial score (nSPS) is 14.3. The lowest BCUT2D eigenvalue weighted by Gasteiger charge is -2.20. The molecule has 0 spiro atoms. The molecule has 0 saturated carbocycles. The third-order valence-electron chi connectivity index (χ3n) is 4.13. The highest BCUT2D eigenvalue weighted by molar-refractivity contribution is 7.93. The Bertz CT molecular complexity index is 840. The highest BCUT2D eigenvalue weighted by Gasteiger charge is 2.34. The largest absolute Gasteiger partial charge is 0.497 e. The molecule has 0 aliphatic carbocycles. The minimum absolute atomic E-state index is 0.304. The molecule has 3 rings (SSSR count). The van der Waals surface area contributed by atoms with Gasteiger partial charge in [-0.15, -0.1) is 0 Å². The summed E-state index contributed by atoms with van der Waals surface area (Å²) in [6.45, 7) is 3.95. The summed E-state index contributed by atoms with van der Waals surface area (Å²) in [7, 11) is -0.244. The second-order valence-corrected chi connectivity index (χ2v) is 7.24. The number of hydrogen-bond acceptors (Lipinski definition) is 4. The number of anilines is 1. The van der Waals surface area contributed by atoms with E-state index in [2.05, 4.69) is 5.10 Å². The summed E-state index contributed by atoms with van der Waals surface area (Å²) in [5, 5.41) is 4.22. The van der Waals surface area contributed by atoms with E-state index in [1.165, 1.54) is 4.31 Å². The Morgan fingerprint density at radius 2 is 2.00 bits per heavy atom. The third-order valence-corrected chi connectivity index (χ3v) is 6.20. The second kappa shape index (κ2) is 5.01. The number of rotatable bonds is 3. The summed E-state index contributed by atoms with van der Waals surface area (Å²) in [5.74, 6) is 0.742. The standard InChI is InChI=1S/C15H19N3O3S/c1-10-15(11(2)17(3)16-10)22(19,20)18-8-7-12-9-13(21-4)5-6-14(12)18/h5-6,9H,7-8H2,1-4H3. The van der Waals surface area contributed by atoms with Gasteiger partial charge in [0, 0.05) is 13.6 Å². The summed E-state index contributed by atoms with van der Waals surface area (Å²) in [6, 6.07) is 5.49. The molecule has 0 fully saturated rings. The van der Waals surface area contributed by atoms with Crippen LogP contribution in [0.3, 0.4) is 0 Å². The minimum atomic E-state index is -3.60. The Hall–Kier alpha value is -2.02. The van der Waals surface area contributed by atoms with E-state index >= 15 is 0 Å². The van der Waals surface area contributed by atoms with Gasteiger partial charge in [0.2, 0.25) is 0 Å². The zero-order valence-corrected chi connectivity index (χ0v) is 13.9. The van der Waals surface area contributed by atoms with E-state index in [4.69, 9.17) is 4.74 Å². The Labute approximate surface area is 130 Å². The van der Waals surface area contributed by atoms with E-state index in [1.807, 2.05) is 6.07 Å². The Morgan fingerprint density at radius 1 is 1.27 bits per heavy atom. The van der Waals surface area contributed by atoms with Gasteiger partial charge in [0.1, 0.15) is 10.6 Å². The van der Waals surface area contributed by atoms with Crippen LogP contribution in [0, 0.1) is 13.8 Å². The Balaban J connectivity index is 2.10. The predicted octanol–water partition coefficient (Wildman–Crippen LogP) is 1.80. The lowest BCUT2D eigenvalue weighted by atomic mass is 10.1. The molecule has 1 aliphatic rings. The molecule has 0 saturated heterocycles. The predicted molar refractivity (Wildman–Crippen MR) is 83.9 cm³/mol. The molecule has 0 radical (unpaired) electrons. The molecular weight excluding hydrogens is 302 g/mol. The number of aromatic nitrogens is 2. The van der Waals surface area contributed by atoms with Gasteiger partial charge in [0.05, 0.1) is 24.2 Å².